The third-order valence-corrected chi connectivity index (χ3v) is 4.67. The zero-order valence-electron chi connectivity index (χ0n) is 16.0. The number of carbonyl (C=O) groups is 2. The highest BCUT2D eigenvalue weighted by atomic mass is 19.1. The number of ketones is 1. The molecule has 152 valence electrons. The Hall–Kier alpha value is -2.83. The maximum Gasteiger partial charge on any atom is 0.343 e. The number of allylic oxidation sites excluding steroid dienone is 1. The molecule has 1 fully saturated rings. The molecular weight excluding hydrogens is 375 g/mol. The summed E-state index contributed by atoms with van der Waals surface area (Å²) in [7, 11) is 0. The van der Waals surface area contributed by atoms with E-state index in [9.17, 15) is 14.0 Å². The van der Waals surface area contributed by atoms with Crippen molar-refractivity contribution in [2.45, 2.75) is 19.1 Å². The minimum atomic E-state index is -0.504. The van der Waals surface area contributed by atoms with Crippen LogP contribution in [0.4, 0.5) is 4.39 Å². The molecule has 2 aromatic rings. The molecule has 0 aliphatic carbocycles. The van der Waals surface area contributed by atoms with Crippen LogP contribution in [0, 0.1) is 5.92 Å². The van der Waals surface area contributed by atoms with Gasteiger partial charge in [0.2, 0.25) is 0 Å². The summed E-state index contributed by atoms with van der Waals surface area (Å²) in [6, 6.07) is 13.1. The van der Waals surface area contributed by atoms with Gasteiger partial charge in [0.1, 0.15) is 5.75 Å². The van der Waals surface area contributed by atoms with Crippen LogP contribution in [0.25, 0.3) is 0 Å². The van der Waals surface area contributed by atoms with Gasteiger partial charge in [-0.3, -0.25) is 9.18 Å². The van der Waals surface area contributed by atoms with Gasteiger partial charge in [-0.15, -0.1) is 0 Å². The third kappa shape index (κ3) is 5.59. The standard InChI is InChI=1S/C23H23FO5/c1-2-21(25)17-9-11-20(12-10-17)29-22(26)18-5-7-19(8-6-18)23-27-14-16(15-28-23)4-3-13-24/h2,5-12,16,23H,1,3-4,13-15H2. The fraction of sp³-hybridized carbons (Fsp3) is 0.304. The molecule has 3 rings (SSSR count). The highest BCUT2D eigenvalue weighted by Crippen LogP contribution is 2.27. The van der Waals surface area contributed by atoms with E-state index in [0.717, 1.165) is 12.0 Å². The minimum Gasteiger partial charge on any atom is -0.423 e. The number of benzene rings is 2. The molecule has 0 spiro atoms. The summed E-state index contributed by atoms with van der Waals surface area (Å²) >= 11 is 0. The van der Waals surface area contributed by atoms with Gasteiger partial charge in [-0.25, -0.2) is 4.79 Å². The lowest BCUT2D eigenvalue weighted by atomic mass is 10.0. The lowest BCUT2D eigenvalue weighted by Crippen LogP contribution is -2.27. The van der Waals surface area contributed by atoms with Gasteiger partial charge in [-0.2, -0.15) is 0 Å². The topological polar surface area (TPSA) is 61.8 Å². The number of esters is 1. The van der Waals surface area contributed by atoms with E-state index in [4.69, 9.17) is 14.2 Å². The van der Waals surface area contributed by atoms with Crippen molar-refractivity contribution < 1.29 is 28.2 Å². The van der Waals surface area contributed by atoms with E-state index in [1.54, 1.807) is 48.5 Å². The molecule has 0 N–H and O–H groups in total. The second-order valence-electron chi connectivity index (χ2n) is 6.80. The molecule has 1 heterocycles. The minimum absolute atomic E-state index is 0.195. The van der Waals surface area contributed by atoms with Crippen molar-refractivity contribution in [3.05, 3.63) is 77.9 Å². The predicted octanol–water partition coefficient (Wildman–Crippen LogP) is 4.69. The molecule has 0 radical (unpaired) electrons. The van der Waals surface area contributed by atoms with E-state index < -0.39 is 12.3 Å². The predicted molar refractivity (Wildman–Crippen MR) is 106 cm³/mol. The van der Waals surface area contributed by atoms with Gasteiger partial charge in [0, 0.05) is 17.0 Å². The van der Waals surface area contributed by atoms with Crippen molar-refractivity contribution in [2.75, 3.05) is 19.9 Å². The number of carbonyl (C=O) groups excluding carboxylic acids is 2. The maximum absolute atomic E-state index is 12.3. The molecule has 0 aromatic heterocycles. The van der Waals surface area contributed by atoms with Gasteiger partial charge < -0.3 is 14.2 Å². The van der Waals surface area contributed by atoms with Crippen molar-refractivity contribution >= 4 is 11.8 Å². The highest BCUT2D eigenvalue weighted by molar-refractivity contribution is 6.04. The lowest BCUT2D eigenvalue weighted by molar-refractivity contribution is -0.206. The molecule has 0 atom stereocenters. The molecule has 0 saturated carbocycles. The van der Waals surface area contributed by atoms with E-state index in [0.29, 0.717) is 36.5 Å². The van der Waals surface area contributed by atoms with Crippen LogP contribution < -0.4 is 4.74 Å². The van der Waals surface area contributed by atoms with Crippen LogP contribution in [0.5, 0.6) is 5.75 Å². The summed E-state index contributed by atoms with van der Waals surface area (Å²) in [5.41, 5.74) is 1.66. The summed E-state index contributed by atoms with van der Waals surface area (Å²) < 4.78 is 29.0. The van der Waals surface area contributed by atoms with Gasteiger partial charge in [0.25, 0.3) is 0 Å². The summed E-state index contributed by atoms with van der Waals surface area (Å²) in [6.45, 7) is 4.17. The van der Waals surface area contributed by atoms with Crippen molar-refractivity contribution in [3.63, 3.8) is 0 Å². The van der Waals surface area contributed by atoms with Gasteiger partial charge in [-0.05, 0) is 55.3 Å². The van der Waals surface area contributed by atoms with Gasteiger partial charge in [-0.1, -0.05) is 18.7 Å². The fourth-order valence-electron chi connectivity index (χ4n) is 3.02. The number of rotatable bonds is 8. The molecule has 29 heavy (non-hydrogen) atoms. The molecule has 1 saturated heterocycles. The van der Waals surface area contributed by atoms with Crippen molar-refractivity contribution in [1.29, 1.82) is 0 Å². The Balaban J connectivity index is 1.55. The Morgan fingerprint density at radius 1 is 1.03 bits per heavy atom. The van der Waals surface area contributed by atoms with Crippen LogP contribution in [0.15, 0.2) is 61.2 Å². The van der Waals surface area contributed by atoms with Crippen molar-refractivity contribution in [3.8, 4) is 5.75 Å². The monoisotopic (exact) mass is 398 g/mol. The molecule has 2 aromatic carbocycles. The second kappa shape index (κ2) is 10.1. The Morgan fingerprint density at radius 3 is 2.24 bits per heavy atom. The second-order valence-corrected chi connectivity index (χ2v) is 6.80. The SMILES string of the molecule is C=CC(=O)c1ccc(OC(=O)c2ccc(C3OCC(CCCF)CO3)cc2)cc1. The maximum atomic E-state index is 12.3. The number of halogens is 1. The third-order valence-electron chi connectivity index (χ3n) is 4.67. The zero-order valence-corrected chi connectivity index (χ0v) is 16.0. The smallest absolute Gasteiger partial charge is 0.343 e. The first-order chi connectivity index (χ1) is 14.1. The van der Waals surface area contributed by atoms with Crippen LogP contribution in [-0.4, -0.2) is 31.6 Å². The van der Waals surface area contributed by atoms with Gasteiger partial charge in [0.15, 0.2) is 12.1 Å². The molecule has 5 nitrogen and oxygen atoms in total. The lowest BCUT2D eigenvalue weighted by Gasteiger charge is -2.29. The first-order valence-corrected chi connectivity index (χ1v) is 9.49. The van der Waals surface area contributed by atoms with E-state index in [-0.39, 0.29) is 18.4 Å². The normalized spacial score (nSPS) is 18.8. The number of hydrogen-bond acceptors (Lipinski definition) is 5. The summed E-state index contributed by atoms with van der Waals surface area (Å²) in [4.78, 5) is 23.9. The number of hydrogen-bond donors (Lipinski definition) is 0. The summed E-state index contributed by atoms with van der Waals surface area (Å²) in [6.07, 6.45) is 2.01. The summed E-state index contributed by atoms with van der Waals surface area (Å²) in [5.74, 6) is -0.141. The molecule has 0 unspecified atom stereocenters. The van der Waals surface area contributed by atoms with E-state index >= 15 is 0 Å². The first-order valence-electron chi connectivity index (χ1n) is 9.49. The highest BCUT2D eigenvalue weighted by Gasteiger charge is 2.23. The van der Waals surface area contributed by atoms with Crippen LogP contribution in [-0.2, 0) is 9.47 Å². The van der Waals surface area contributed by atoms with E-state index in [1.807, 2.05) is 0 Å². The Bertz CT molecular complexity index is 837. The number of ether oxygens (including phenoxy) is 3. The van der Waals surface area contributed by atoms with Crippen LogP contribution in [0.3, 0.4) is 0 Å². The Labute approximate surface area is 169 Å². The average Bonchev–Trinajstić information content (AvgIpc) is 2.78. The van der Waals surface area contributed by atoms with Crippen LogP contribution in [0.2, 0.25) is 0 Å². The van der Waals surface area contributed by atoms with Crippen LogP contribution >= 0.6 is 0 Å². The van der Waals surface area contributed by atoms with Crippen molar-refractivity contribution in [1.82, 2.24) is 0 Å². The molecule has 6 heteroatoms. The van der Waals surface area contributed by atoms with Crippen LogP contribution in [0.1, 0.15) is 45.4 Å². The van der Waals surface area contributed by atoms with E-state index in [2.05, 4.69) is 6.58 Å². The van der Waals surface area contributed by atoms with Crippen molar-refractivity contribution in [2.24, 2.45) is 5.92 Å². The van der Waals surface area contributed by atoms with E-state index in [1.165, 1.54) is 6.08 Å². The number of alkyl halides is 1. The first kappa shape index (κ1) is 20.9. The molecular formula is C23H23FO5. The molecule has 0 amide bonds. The molecule has 1 aliphatic rings. The fourth-order valence-corrected chi connectivity index (χ4v) is 3.02. The van der Waals surface area contributed by atoms with Gasteiger partial charge >= 0.3 is 5.97 Å². The molecule has 1 aliphatic heterocycles. The average molecular weight is 398 g/mol. The Kier molecular flexibility index (Phi) is 7.27. The Morgan fingerprint density at radius 2 is 1.66 bits per heavy atom. The summed E-state index contributed by atoms with van der Waals surface area (Å²) in [5, 5.41) is 0. The van der Waals surface area contributed by atoms with Gasteiger partial charge in [0.05, 0.1) is 25.5 Å². The molecule has 0 bridgehead atoms. The quantitative estimate of drug-likeness (QED) is 0.280. The zero-order chi connectivity index (χ0) is 20.6. The largest absolute Gasteiger partial charge is 0.423 e.